The van der Waals surface area contributed by atoms with E-state index in [9.17, 15) is 0 Å². The quantitative estimate of drug-likeness (QED) is 0.765. The highest BCUT2D eigenvalue weighted by atomic mass is 16.5. The Balaban J connectivity index is 1.66. The smallest absolute Gasteiger partial charge is 0.214 e. The maximum atomic E-state index is 5.09. The van der Waals surface area contributed by atoms with Gasteiger partial charge in [-0.15, -0.1) is 0 Å². The fourth-order valence-corrected chi connectivity index (χ4v) is 2.55. The van der Waals surface area contributed by atoms with Crippen molar-refractivity contribution in [3.05, 3.63) is 18.3 Å². The van der Waals surface area contributed by atoms with Crippen molar-refractivity contribution >= 4 is 5.69 Å². The van der Waals surface area contributed by atoms with E-state index in [1.165, 1.54) is 38.5 Å². The Hall–Kier alpha value is -1.25. The fraction of sp³-hybridized carbons (Fsp3) is 0.643. The number of hydrogen-bond acceptors (Lipinski definition) is 3. The average molecular weight is 234 g/mol. The van der Waals surface area contributed by atoms with E-state index >= 15 is 0 Å². The van der Waals surface area contributed by atoms with Crippen LogP contribution in [0, 0.1) is 5.92 Å². The van der Waals surface area contributed by atoms with Crippen LogP contribution < -0.4 is 10.1 Å². The highest BCUT2D eigenvalue weighted by Crippen LogP contribution is 2.28. The molecule has 94 valence electrons. The number of aromatic nitrogens is 1. The second kappa shape index (κ2) is 6.48. The lowest BCUT2D eigenvalue weighted by molar-refractivity contribution is 0.398. The maximum Gasteiger partial charge on any atom is 0.214 e. The molecule has 0 aliphatic heterocycles. The lowest BCUT2D eigenvalue weighted by Crippen LogP contribution is -2.04. The summed E-state index contributed by atoms with van der Waals surface area (Å²) in [6, 6.07) is 3.92. The number of anilines is 1. The van der Waals surface area contributed by atoms with Crippen LogP contribution in [0.5, 0.6) is 5.88 Å². The highest BCUT2D eigenvalue weighted by molar-refractivity contribution is 5.44. The van der Waals surface area contributed by atoms with E-state index in [0.29, 0.717) is 5.88 Å². The van der Waals surface area contributed by atoms with E-state index in [0.717, 1.165) is 18.2 Å². The molecule has 1 aliphatic carbocycles. The van der Waals surface area contributed by atoms with Crippen LogP contribution in [-0.4, -0.2) is 18.6 Å². The Morgan fingerprint density at radius 2 is 2.24 bits per heavy atom. The molecule has 0 unspecified atom stereocenters. The van der Waals surface area contributed by atoms with Gasteiger partial charge in [0.05, 0.1) is 7.11 Å². The molecular formula is C14H22N2O. The van der Waals surface area contributed by atoms with E-state index in [4.69, 9.17) is 4.74 Å². The Morgan fingerprint density at radius 1 is 1.41 bits per heavy atom. The van der Waals surface area contributed by atoms with E-state index in [2.05, 4.69) is 10.3 Å². The molecule has 1 fully saturated rings. The van der Waals surface area contributed by atoms with Crippen molar-refractivity contribution in [3.8, 4) is 5.88 Å². The van der Waals surface area contributed by atoms with Crippen LogP contribution in [0.1, 0.15) is 38.5 Å². The van der Waals surface area contributed by atoms with Crippen LogP contribution in [0.2, 0.25) is 0 Å². The van der Waals surface area contributed by atoms with Crippen LogP contribution in [0.15, 0.2) is 18.3 Å². The predicted octanol–water partition coefficient (Wildman–Crippen LogP) is 3.47. The predicted molar refractivity (Wildman–Crippen MR) is 70.5 cm³/mol. The number of ether oxygens (including phenoxy) is 1. The van der Waals surface area contributed by atoms with E-state index in [1.54, 1.807) is 13.3 Å². The van der Waals surface area contributed by atoms with Gasteiger partial charge in [-0.1, -0.05) is 25.7 Å². The summed E-state index contributed by atoms with van der Waals surface area (Å²) >= 11 is 0. The summed E-state index contributed by atoms with van der Waals surface area (Å²) in [6.07, 6.45) is 10.2. The molecule has 0 amide bonds. The zero-order chi connectivity index (χ0) is 11.9. The first-order valence-corrected chi connectivity index (χ1v) is 6.62. The fourth-order valence-electron chi connectivity index (χ4n) is 2.55. The summed E-state index contributed by atoms with van der Waals surface area (Å²) in [6.45, 7) is 1.05. The minimum atomic E-state index is 0.672. The lowest BCUT2D eigenvalue weighted by Gasteiger charge is -2.10. The average Bonchev–Trinajstić information content (AvgIpc) is 2.88. The van der Waals surface area contributed by atoms with Gasteiger partial charge in [0, 0.05) is 24.5 Å². The van der Waals surface area contributed by atoms with Crippen molar-refractivity contribution in [1.29, 1.82) is 0 Å². The lowest BCUT2D eigenvalue weighted by atomic mass is 10.0. The third-order valence-electron chi connectivity index (χ3n) is 3.54. The van der Waals surface area contributed by atoms with E-state index in [-0.39, 0.29) is 0 Å². The Kier molecular flexibility index (Phi) is 4.65. The normalized spacial score (nSPS) is 16.1. The van der Waals surface area contributed by atoms with Gasteiger partial charge in [0.1, 0.15) is 0 Å². The first kappa shape index (κ1) is 12.2. The molecule has 0 radical (unpaired) electrons. The van der Waals surface area contributed by atoms with Crippen molar-refractivity contribution in [1.82, 2.24) is 4.98 Å². The number of rotatable bonds is 6. The molecule has 0 bridgehead atoms. The maximum absolute atomic E-state index is 5.09. The summed E-state index contributed by atoms with van der Waals surface area (Å²) in [5.41, 5.74) is 1.10. The number of nitrogens with zero attached hydrogens (tertiary/aromatic N) is 1. The second-order valence-electron chi connectivity index (χ2n) is 4.81. The molecular weight excluding hydrogens is 212 g/mol. The van der Waals surface area contributed by atoms with Crippen LogP contribution in [0.25, 0.3) is 0 Å². The third-order valence-corrected chi connectivity index (χ3v) is 3.54. The van der Waals surface area contributed by atoms with Crippen molar-refractivity contribution < 1.29 is 4.74 Å². The minimum absolute atomic E-state index is 0.672. The first-order valence-electron chi connectivity index (χ1n) is 6.62. The van der Waals surface area contributed by atoms with Crippen molar-refractivity contribution in [2.75, 3.05) is 19.0 Å². The highest BCUT2D eigenvalue weighted by Gasteiger charge is 2.13. The van der Waals surface area contributed by atoms with Crippen molar-refractivity contribution in [3.63, 3.8) is 0 Å². The summed E-state index contributed by atoms with van der Waals surface area (Å²) < 4.78 is 5.09. The Bertz CT molecular complexity index is 335. The molecule has 0 atom stereocenters. The van der Waals surface area contributed by atoms with Crippen molar-refractivity contribution in [2.24, 2.45) is 5.92 Å². The van der Waals surface area contributed by atoms with Crippen molar-refractivity contribution in [2.45, 2.75) is 38.5 Å². The molecule has 3 heteroatoms. The second-order valence-corrected chi connectivity index (χ2v) is 4.81. The molecule has 2 rings (SSSR count). The van der Waals surface area contributed by atoms with Crippen LogP contribution in [0.4, 0.5) is 5.69 Å². The molecule has 1 aliphatic rings. The molecule has 17 heavy (non-hydrogen) atoms. The summed E-state index contributed by atoms with van der Waals surface area (Å²) in [4.78, 5) is 4.09. The molecule has 1 heterocycles. The third kappa shape index (κ3) is 3.91. The molecule has 0 spiro atoms. The topological polar surface area (TPSA) is 34.1 Å². The molecule has 1 N–H and O–H groups in total. The number of pyridine rings is 1. The van der Waals surface area contributed by atoms with Gasteiger partial charge in [0.15, 0.2) is 0 Å². The van der Waals surface area contributed by atoms with Gasteiger partial charge in [-0.05, 0) is 24.8 Å². The summed E-state index contributed by atoms with van der Waals surface area (Å²) in [5, 5.41) is 3.42. The molecule has 0 aromatic carbocycles. The first-order chi connectivity index (χ1) is 8.38. The molecule has 1 aromatic rings. The number of hydrogen-bond donors (Lipinski definition) is 1. The van der Waals surface area contributed by atoms with Crippen LogP contribution in [-0.2, 0) is 0 Å². The Morgan fingerprint density at radius 3 is 3.00 bits per heavy atom. The SMILES string of the molecule is COc1cc(NCCCC2CCCC2)ccn1. The summed E-state index contributed by atoms with van der Waals surface area (Å²) in [7, 11) is 1.65. The zero-order valence-electron chi connectivity index (χ0n) is 10.6. The molecule has 3 nitrogen and oxygen atoms in total. The van der Waals surface area contributed by atoms with Gasteiger partial charge in [0.25, 0.3) is 0 Å². The van der Waals surface area contributed by atoms with Gasteiger partial charge in [-0.2, -0.15) is 0 Å². The molecule has 0 saturated heterocycles. The van der Waals surface area contributed by atoms with Gasteiger partial charge in [-0.3, -0.25) is 0 Å². The van der Waals surface area contributed by atoms with E-state index in [1.807, 2.05) is 12.1 Å². The van der Waals surface area contributed by atoms with Gasteiger partial charge in [-0.25, -0.2) is 4.98 Å². The number of methoxy groups -OCH3 is 1. The minimum Gasteiger partial charge on any atom is -0.481 e. The Labute approximate surface area is 104 Å². The largest absolute Gasteiger partial charge is 0.481 e. The number of nitrogens with one attached hydrogen (secondary N) is 1. The van der Waals surface area contributed by atoms with Gasteiger partial charge >= 0.3 is 0 Å². The standard InChI is InChI=1S/C14H22N2O/c1-17-14-11-13(8-10-16-14)15-9-4-7-12-5-2-3-6-12/h8,10-12H,2-7,9H2,1H3,(H,15,16). The van der Waals surface area contributed by atoms with E-state index < -0.39 is 0 Å². The summed E-state index contributed by atoms with van der Waals surface area (Å²) in [5.74, 6) is 1.66. The monoisotopic (exact) mass is 234 g/mol. The van der Waals surface area contributed by atoms with Crippen LogP contribution >= 0.6 is 0 Å². The zero-order valence-corrected chi connectivity index (χ0v) is 10.6. The molecule has 1 aromatic heterocycles. The van der Waals surface area contributed by atoms with Gasteiger partial charge < -0.3 is 10.1 Å². The van der Waals surface area contributed by atoms with Gasteiger partial charge in [0.2, 0.25) is 5.88 Å². The van der Waals surface area contributed by atoms with Crippen LogP contribution in [0.3, 0.4) is 0 Å². The molecule has 1 saturated carbocycles.